The quantitative estimate of drug-likeness (QED) is 0.541. The van der Waals surface area contributed by atoms with Crippen LogP contribution in [0.25, 0.3) is 5.69 Å². The third kappa shape index (κ3) is 3.96. The second-order valence-electron chi connectivity index (χ2n) is 6.74. The van der Waals surface area contributed by atoms with Crippen molar-refractivity contribution < 1.29 is 9.18 Å². The largest absolute Gasteiger partial charge is 0.369 e. The smallest absolute Gasteiger partial charge is 0.271 e. The Balaban J connectivity index is 1.37. The summed E-state index contributed by atoms with van der Waals surface area (Å²) in [4.78, 5) is 14.3. The van der Waals surface area contributed by atoms with Gasteiger partial charge in [-0.2, -0.15) is 5.10 Å². The predicted octanol–water partition coefficient (Wildman–Crippen LogP) is 3.98. The SMILES string of the molecule is O=C(N/N=C/c1ccc(N2CCCC2)c(F)c1)c1ccc(-n2cccc2)cc1. The maximum atomic E-state index is 14.3. The lowest BCUT2D eigenvalue weighted by Crippen LogP contribution is -2.19. The van der Waals surface area contributed by atoms with Crippen LogP contribution in [0.5, 0.6) is 0 Å². The summed E-state index contributed by atoms with van der Waals surface area (Å²) in [6.45, 7) is 1.78. The van der Waals surface area contributed by atoms with Crippen LogP contribution >= 0.6 is 0 Å². The van der Waals surface area contributed by atoms with E-state index in [0.29, 0.717) is 16.8 Å². The molecule has 2 aromatic carbocycles. The van der Waals surface area contributed by atoms with E-state index in [0.717, 1.165) is 31.6 Å². The highest BCUT2D eigenvalue weighted by atomic mass is 19.1. The number of amides is 1. The maximum absolute atomic E-state index is 14.3. The van der Waals surface area contributed by atoms with E-state index in [1.54, 1.807) is 24.3 Å². The molecule has 4 rings (SSSR count). The molecule has 0 radical (unpaired) electrons. The summed E-state index contributed by atoms with van der Waals surface area (Å²) in [5.74, 6) is -0.581. The maximum Gasteiger partial charge on any atom is 0.271 e. The molecule has 1 N–H and O–H groups in total. The van der Waals surface area contributed by atoms with E-state index in [1.165, 1.54) is 12.3 Å². The van der Waals surface area contributed by atoms with Crippen molar-refractivity contribution in [1.29, 1.82) is 0 Å². The van der Waals surface area contributed by atoms with Crippen molar-refractivity contribution in [3.05, 3.63) is 83.9 Å². The van der Waals surface area contributed by atoms with Gasteiger partial charge in [0.25, 0.3) is 5.91 Å². The number of anilines is 1. The molecule has 142 valence electrons. The Morgan fingerprint density at radius 3 is 2.43 bits per heavy atom. The normalized spacial score (nSPS) is 14.0. The summed E-state index contributed by atoms with van der Waals surface area (Å²) in [6, 6.07) is 16.1. The van der Waals surface area contributed by atoms with E-state index in [-0.39, 0.29) is 11.7 Å². The molecule has 1 saturated heterocycles. The Morgan fingerprint density at radius 2 is 1.75 bits per heavy atom. The molecule has 0 bridgehead atoms. The van der Waals surface area contributed by atoms with Gasteiger partial charge in [-0.15, -0.1) is 0 Å². The van der Waals surface area contributed by atoms with Crippen molar-refractivity contribution >= 4 is 17.8 Å². The molecule has 0 aliphatic carbocycles. The number of hydrogen-bond donors (Lipinski definition) is 1. The zero-order valence-electron chi connectivity index (χ0n) is 15.4. The second kappa shape index (κ2) is 8.08. The minimum Gasteiger partial charge on any atom is -0.369 e. The number of carbonyl (C=O) groups is 1. The van der Waals surface area contributed by atoms with Gasteiger partial charge in [-0.3, -0.25) is 4.79 Å². The average Bonchev–Trinajstić information content (AvgIpc) is 3.42. The molecule has 0 spiro atoms. The van der Waals surface area contributed by atoms with Gasteiger partial charge in [0.15, 0.2) is 0 Å². The highest BCUT2D eigenvalue weighted by molar-refractivity contribution is 5.95. The van der Waals surface area contributed by atoms with Gasteiger partial charge in [-0.1, -0.05) is 6.07 Å². The van der Waals surface area contributed by atoms with E-state index >= 15 is 0 Å². The molecule has 1 fully saturated rings. The zero-order valence-corrected chi connectivity index (χ0v) is 15.4. The highest BCUT2D eigenvalue weighted by Crippen LogP contribution is 2.24. The van der Waals surface area contributed by atoms with Crippen LogP contribution in [0.15, 0.2) is 72.1 Å². The van der Waals surface area contributed by atoms with E-state index in [9.17, 15) is 9.18 Å². The summed E-state index contributed by atoms with van der Waals surface area (Å²) in [5, 5.41) is 3.95. The molecule has 28 heavy (non-hydrogen) atoms. The zero-order chi connectivity index (χ0) is 19.3. The fourth-order valence-corrected chi connectivity index (χ4v) is 3.34. The van der Waals surface area contributed by atoms with Gasteiger partial charge in [0, 0.05) is 36.7 Å². The van der Waals surface area contributed by atoms with Gasteiger partial charge in [0.1, 0.15) is 5.82 Å². The topological polar surface area (TPSA) is 49.6 Å². The third-order valence-corrected chi connectivity index (χ3v) is 4.83. The van der Waals surface area contributed by atoms with Crippen LogP contribution in [0.4, 0.5) is 10.1 Å². The molecule has 6 heteroatoms. The molecule has 3 aromatic rings. The van der Waals surface area contributed by atoms with Crippen LogP contribution in [0.2, 0.25) is 0 Å². The summed E-state index contributed by atoms with van der Waals surface area (Å²) in [5.41, 5.74) is 5.18. The molecular weight excluding hydrogens is 355 g/mol. The first-order valence-corrected chi connectivity index (χ1v) is 9.32. The van der Waals surface area contributed by atoms with E-state index < -0.39 is 0 Å². The van der Waals surface area contributed by atoms with Gasteiger partial charge >= 0.3 is 0 Å². The number of benzene rings is 2. The van der Waals surface area contributed by atoms with E-state index in [4.69, 9.17) is 0 Å². The third-order valence-electron chi connectivity index (χ3n) is 4.83. The first-order valence-electron chi connectivity index (χ1n) is 9.32. The summed E-state index contributed by atoms with van der Waals surface area (Å²) in [6.07, 6.45) is 7.52. The molecule has 1 amide bonds. The number of carbonyl (C=O) groups excluding carboxylic acids is 1. The molecule has 2 heterocycles. The number of hydrazone groups is 1. The Morgan fingerprint density at radius 1 is 1.04 bits per heavy atom. The van der Waals surface area contributed by atoms with Crippen molar-refractivity contribution in [2.75, 3.05) is 18.0 Å². The van der Waals surface area contributed by atoms with Crippen LogP contribution in [-0.2, 0) is 0 Å². The fourth-order valence-electron chi connectivity index (χ4n) is 3.34. The number of hydrogen-bond acceptors (Lipinski definition) is 3. The molecule has 5 nitrogen and oxygen atoms in total. The molecule has 0 saturated carbocycles. The second-order valence-corrected chi connectivity index (χ2v) is 6.74. The Hall–Kier alpha value is -3.41. The van der Waals surface area contributed by atoms with Crippen molar-refractivity contribution in [1.82, 2.24) is 9.99 Å². The van der Waals surface area contributed by atoms with Gasteiger partial charge < -0.3 is 9.47 Å². The fraction of sp³-hybridized carbons (Fsp3) is 0.182. The average molecular weight is 376 g/mol. The molecular formula is C22H21FN4O. The summed E-state index contributed by atoms with van der Waals surface area (Å²) in [7, 11) is 0. The predicted molar refractivity (Wildman–Crippen MR) is 109 cm³/mol. The van der Waals surface area contributed by atoms with Crippen LogP contribution in [0.3, 0.4) is 0 Å². The number of aromatic nitrogens is 1. The Labute approximate surface area is 163 Å². The standard InChI is InChI=1S/C22H21FN4O/c23-20-15-17(5-10-21(20)27-13-3-4-14-27)16-24-25-22(28)18-6-8-19(9-7-18)26-11-1-2-12-26/h1-2,5-12,15-16H,3-4,13-14H2,(H,25,28)/b24-16+. The van der Waals surface area contributed by atoms with E-state index in [2.05, 4.69) is 15.4 Å². The molecule has 0 unspecified atom stereocenters. The lowest BCUT2D eigenvalue weighted by molar-refractivity contribution is 0.0955. The molecule has 1 aliphatic heterocycles. The van der Waals surface area contributed by atoms with Gasteiger partial charge in [0.2, 0.25) is 0 Å². The van der Waals surface area contributed by atoms with Crippen molar-refractivity contribution in [3.63, 3.8) is 0 Å². The van der Waals surface area contributed by atoms with Gasteiger partial charge in [0.05, 0.1) is 11.9 Å². The van der Waals surface area contributed by atoms with Crippen LogP contribution in [0.1, 0.15) is 28.8 Å². The molecule has 1 aromatic heterocycles. The van der Waals surface area contributed by atoms with Crippen LogP contribution in [-0.4, -0.2) is 29.8 Å². The number of nitrogens with one attached hydrogen (secondary N) is 1. The van der Waals surface area contributed by atoms with Crippen LogP contribution < -0.4 is 10.3 Å². The monoisotopic (exact) mass is 376 g/mol. The highest BCUT2D eigenvalue weighted by Gasteiger charge is 2.15. The summed E-state index contributed by atoms with van der Waals surface area (Å²) < 4.78 is 16.3. The number of rotatable bonds is 5. The van der Waals surface area contributed by atoms with Gasteiger partial charge in [-0.25, -0.2) is 9.82 Å². The van der Waals surface area contributed by atoms with Crippen LogP contribution in [0, 0.1) is 5.82 Å². The Kier molecular flexibility index (Phi) is 5.19. The molecule has 0 atom stereocenters. The lowest BCUT2D eigenvalue weighted by atomic mass is 10.2. The number of halogens is 1. The van der Waals surface area contributed by atoms with Gasteiger partial charge in [-0.05, 0) is 66.9 Å². The molecule has 1 aliphatic rings. The first kappa shape index (κ1) is 18.0. The lowest BCUT2D eigenvalue weighted by Gasteiger charge is -2.18. The number of nitrogens with zero attached hydrogens (tertiary/aromatic N) is 3. The van der Waals surface area contributed by atoms with E-state index in [1.807, 2.05) is 41.2 Å². The van der Waals surface area contributed by atoms with Crippen molar-refractivity contribution in [3.8, 4) is 5.69 Å². The Bertz CT molecular complexity index is 974. The first-order chi connectivity index (χ1) is 13.7. The van der Waals surface area contributed by atoms with Crippen molar-refractivity contribution in [2.24, 2.45) is 5.10 Å². The summed E-state index contributed by atoms with van der Waals surface area (Å²) >= 11 is 0. The minimum atomic E-state index is -0.315. The van der Waals surface area contributed by atoms with Crippen molar-refractivity contribution in [2.45, 2.75) is 12.8 Å². The minimum absolute atomic E-state index is 0.266.